The van der Waals surface area contributed by atoms with Gasteiger partial charge in [-0.25, -0.2) is 4.98 Å². The van der Waals surface area contributed by atoms with E-state index in [1.165, 1.54) is 0 Å². The SMILES string of the molecule is CC(C)n1ccnc1CN(C)CC(C)(CO)CO. The lowest BCUT2D eigenvalue weighted by Crippen LogP contribution is -2.39. The summed E-state index contributed by atoms with van der Waals surface area (Å²) in [6.07, 6.45) is 3.78. The van der Waals surface area contributed by atoms with Gasteiger partial charge in [-0.1, -0.05) is 6.92 Å². The molecular formula is C13H25N3O2. The van der Waals surface area contributed by atoms with Crippen molar-refractivity contribution >= 4 is 0 Å². The van der Waals surface area contributed by atoms with Crippen LogP contribution in [0.5, 0.6) is 0 Å². The van der Waals surface area contributed by atoms with Crippen LogP contribution in [0.2, 0.25) is 0 Å². The van der Waals surface area contributed by atoms with Gasteiger partial charge in [-0.2, -0.15) is 0 Å². The summed E-state index contributed by atoms with van der Waals surface area (Å²) in [4.78, 5) is 6.43. The molecule has 5 heteroatoms. The van der Waals surface area contributed by atoms with Gasteiger partial charge in [-0.05, 0) is 20.9 Å². The molecule has 0 spiro atoms. The first kappa shape index (κ1) is 15.1. The van der Waals surface area contributed by atoms with Gasteiger partial charge in [0.05, 0.1) is 19.8 Å². The van der Waals surface area contributed by atoms with Gasteiger partial charge in [-0.3, -0.25) is 4.90 Å². The molecule has 0 aromatic carbocycles. The zero-order chi connectivity index (χ0) is 13.8. The fourth-order valence-corrected chi connectivity index (χ4v) is 2.04. The topological polar surface area (TPSA) is 61.5 Å². The zero-order valence-electron chi connectivity index (χ0n) is 11.8. The van der Waals surface area contributed by atoms with Crippen LogP contribution in [0.4, 0.5) is 0 Å². The van der Waals surface area contributed by atoms with E-state index in [4.69, 9.17) is 0 Å². The van der Waals surface area contributed by atoms with Gasteiger partial charge in [0.25, 0.3) is 0 Å². The van der Waals surface area contributed by atoms with Gasteiger partial charge < -0.3 is 14.8 Å². The minimum absolute atomic E-state index is 0.0214. The number of aliphatic hydroxyl groups excluding tert-OH is 2. The summed E-state index contributed by atoms with van der Waals surface area (Å²) >= 11 is 0. The van der Waals surface area contributed by atoms with Crippen molar-refractivity contribution in [1.29, 1.82) is 0 Å². The Hall–Kier alpha value is -0.910. The summed E-state index contributed by atoms with van der Waals surface area (Å²) in [5, 5.41) is 18.6. The van der Waals surface area contributed by atoms with Crippen LogP contribution in [-0.4, -0.2) is 51.5 Å². The number of aliphatic hydroxyl groups is 2. The highest BCUT2D eigenvalue weighted by atomic mass is 16.3. The van der Waals surface area contributed by atoms with Crippen molar-refractivity contribution in [1.82, 2.24) is 14.5 Å². The molecule has 1 heterocycles. The maximum absolute atomic E-state index is 9.30. The third kappa shape index (κ3) is 3.80. The number of hydrogen-bond acceptors (Lipinski definition) is 4. The van der Waals surface area contributed by atoms with E-state index in [-0.39, 0.29) is 13.2 Å². The molecule has 0 saturated heterocycles. The number of rotatable bonds is 7. The minimum atomic E-state index is -0.468. The average Bonchev–Trinajstić information content (AvgIpc) is 2.76. The lowest BCUT2D eigenvalue weighted by Gasteiger charge is -2.30. The average molecular weight is 255 g/mol. The van der Waals surface area contributed by atoms with E-state index in [9.17, 15) is 10.2 Å². The van der Waals surface area contributed by atoms with Crippen molar-refractivity contribution in [2.45, 2.75) is 33.4 Å². The molecule has 0 aliphatic carbocycles. The standard InChI is InChI=1S/C13H25N3O2/c1-11(2)16-6-5-14-12(16)7-15(4)8-13(3,9-17)10-18/h5-6,11,17-18H,7-10H2,1-4H3. The Balaban J connectivity index is 2.64. The van der Waals surface area contributed by atoms with Crippen molar-refractivity contribution < 1.29 is 10.2 Å². The fraction of sp³-hybridized carbons (Fsp3) is 0.769. The van der Waals surface area contributed by atoms with Crippen LogP contribution in [0.15, 0.2) is 12.4 Å². The molecule has 0 saturated carbocycles. The minimum Gasteiger partial charge on any atom is -0.396 e. The Labute approximate surface area is 109 Å². The maximum atomic E-state index is 9.30. The molecule has 0 atom stereocenters. The summed E-state index contributed by atoms with van der Waals surface area (Å²) in [6.45, 7) is 7.41. The molecular weight excluding hydrogens is 230 g/mol. The highest BCUT2D eigenvalue weighted by Gasteiger charge is 2.24. The molecule has 0 bridgehead atoms. The molecule has 0 fully saturated rings. The lowest BCUT2D eigenvalue weighted by molar-refractivity contribution is 0.0393. The number of imidazole rings is 1. The van der Waals surface area contributed by atoms with Gasteiger partial charge in [-0.15, -0.1) is 0 Å². The van der Waals surface area contributed by atoms with Gasteiger partial charge in [0, 0.05) is 30.4 Å². The lowest BCUT2D eigenvalue weighted by atomic mass is 9.92. The largest absolute Gasteiger partial charge is 0.396 e. The molecule has 1 rings (SSSR count). The summed E-state index contributed by atoms with van der Waals surface area (Å²) < 4.78 is 2.13. The summed E-state index contributed by atoms with van der Waals surface area (Å²) in [7, 11) is 1.98. The van der Waals surface area contributed by atoms with E-state index >= 15 is 0 Å². The number of nitrogens with zero attached hydrogens (tertiary/aromatic N) is 3. The van der Waals surface area contributed by atoms with E-state index in [1.54, 1.807) is 6.20 Å². The monoisotopic (exact) mass is 255 g/mol. The predicted octanol–water partition coefficient (Wildman–Crippen LogP) is 0.887. The molecule has 1 aromatic rings. The third-order valence-corrected chi connectivity index (χ3v) is 3.13. The van der Waals surface area contributed by atoms with Gasteiger partial charge in [0.1, 0.15) is 5.82 Å². The fourth-order valence-electron chi connectivity index (χ4n) is 2.04. The number of hydrogen-bond donors (Lipinski definition) is 2. The molecule has 0 radical (unpaired) electrons. The molecule has 1 aromatic heterocycles. The normalized spacial score (nSPS) is 12.7. The molecule has 0 unspecified atom stereocenters. The zero-order valence-corrected chi connectivity index (χ0v) is 11.8. The van der Waals surface area contributed by atoms with Crippen LogP contribution in [-0.2, 0) is 6.54 Å². The van der Waals surface area contributed by atoms with Crippen LogP contribution in [0.3, 0.4) is 0 Å². The Bertz CT molecular complexity index is 359. The maximum Gasteiger partial charge on any atom is 0.123 e. The van der Waals surface area contributed by atoms with Crippen LogP contribution in [0.25, 0.3) is 0 Å². The van der Waals surface area contributed by atoms with E-state index in [1.807, 2.05) is 20.2 Å². The first-order valence-electron chi connectivity index (χ1n) is 6.34. The second-order valence-electron chi connectivity index (χ2n) is 5.64. The van der Waals surface area contributed by atoms with Gasteiger partial charge in [0.2, 0.25) is 0 Å². The van der Waals surface area contributed by atoms with Gasteiger partial charge in [0.15, 0.2) is 0 Å². The molecule has 2 N–H and O–H groups in total. The predicted molar refractivity (Wildman–Crippen MR) is 71.2 cm³/mol. The van der Waals surface area contributed by atoms with Gasteiger partial charge >= 0.3 is 0 Å². The van der Waals surface area contributed by atoms with Crippen molar-refractivity contribution in [3.05, 3.63) is 18.2 Å². The van der Waals surface area contributed by atoms with E-state index in [0.29, 0.717) is 19.1 Å². The van der Waals surface area contributed by atoms with E-state index in [0.717, 1.165) is 5.82 Å². The van der Waals surface area contributed by atoms with E-state index < -0.39 is 5.41 Å². The van der Waals surface area contributed by atoms with Crippen LogP contribution in [0, 0.1) is 5.41 Å². The van der Waals surface area contributed by atoms with Crippen molar-refractivity contribution in [2.75, 3.05) is 26.8 Å². The molecule has 0 aliphatic rings. The first-order valence-corrected chi connectivity index (χ1v) is 6.34. The Kier molecular flexibility index (Phi) is 5.31. The molecule has 104 valence electrons. The highest BCUT2D eigenvalue weighted by molar-refractivity contribution is 4.94. The van der Waals surface area contributed by atoms with Crippen molar-refractivity contribution in [3.8, 4) is 0 Å². The number of aromatic nitrogens is 2. The Morgan fingerprint density at radius 2 is 2.00 bits per heavy atom. The smallest absolute Gasteiger partial charge is 0.123 e. The van der Waals surface area contributed by atoms with Crippen LogP contribution in [0.1, 0.15) is 32.6 Å². The second-order valence-corrected chi connectivity index (χ2v) is 5.64. The highest BCUT2D eigenvalue weighted by Crippen LogP contribution is 2.17. The summed E-state index contributed by atoms with van der Waals surface area (Å²) in [5.41, 5.74) is -0.468. The van der Waals surface area contributed by atoms with Crippen LogP contribution < -0.4 is 0 Å². The molecule has 0 amide bonds. The van der Waals surface area contributed by atoms with Crippen LogP contribution >= 0.6 is 0 Å². The van der Waals surface area contributed by atoms with Crippen molar-refractivity contribution in [2.24, 2.45) is 5.41 Å². The van der Waals surface area contributed by atoms with E-state index in [2.05, 4.69) is 28.3 Å². The molecule has 5 nitrogen and oxygen atoms in total. The van der Waals surface area contributed by atoms with Crippen molar-refractivity contribution in [3.63, 3.8) is 0 Å². The molecule has 0 aliphatic heterocycles. The summed E-state index contributed by atoms with van der Waals surface area (Å²) in [5.74, 6) is 1.01. The first-order chi connectivity index (χ1) is 8.41. The second kappa shape index (κ2) is 6.31. The Morgan fingerprint density at radius 1 is 1.39 bits per heavy atom. The molecule has 18 heavy (non-hydrogen) atoms. The quantitative estimate of drug-likeness (QED) is 0.759. The summed E-state index contributed by atoms with van der Waals surface area (Å²) in [6, 6.07) is 0.387. The third-order valence-electron chi connectivity index (χ3n) is 3.13. The Morgan fingerprint density at radius 3 is 2.50 bits per heavy atom.